The van der Waals surface area contributed by atoms with Gasteiger partial charge in [0.15, 0.2) is 0 Å². The van der Waals surface area contributed by atoms with Gasteiger partial charge in [-0.15, -0.1) is 0 Å². The minimum absolute atomic E-state index is 0.466. The van der Waals surface area contributed by atoms with Gasteiger partial charge in [0.2, 0.25) is 0 Å². The van der Waals surface area contributed by atoms with Crippen LogP contribution in [0.5, 0.6) is 0 Å². The number of nitrogens with zero attached hydrogens (tertiary/aromatic N) is 1. The maximum Gasteiger partial charge on any atom is 0.103 e. The number of rotatable bonds is 4. The molecule has 0 aliphatic heterocycles. The molecular formula is C12H20N2O. The molecule has 15 heavy (non-hydrogen) atoms. The van der Waals surface area contributed by atoms with E-state index in [0.717, 1.165) is 17.1 Å². The lowest BCUT2D eigenvalue weighted by atomic mass is 10.1. The molecule has 0 radical (unpaired) electrons. The molecule has 0 bridgehead atoms. The summed E-state index contributed by atoms with van der Waals surface area (Å²) in [6.07, 6.45) is 1.29. The van der Waals surface area contributed by atoms with Crippen LogP contribution >= 0.6 is 0 Å². The van der Waals surface area contributed by atoms with E-state index in [1.54, 1.807) is 13.0 Å². The summed E-state index contributed by atoms with van der Waals surface area (Å²) in [4.78, 5) is 4.20. The fraction of sp³-hybridized carbons (Fsp3) is 0.417. The normalized spacial score (nSPS) is 14.7. The summed E-state index contributed by atoms with van der Waals surface area (Å²) in [6, 6.07) is 0. The maximum atomic E-state index is 9.26. The molecule has 0 aromatic carbocycles. The largest absolute Gasteiger partial charge is 0.389 e. The van der Waals surface area contributed by atoms with Gasteiger partial charge in [0, 0.05) is 5.70 Å². The van der Waals surface area contributed by atoms with Gasteiger partial charge in [-0.1, -0.05) is 13.2 Å². The van der Waals surface area contributed by atoms with Gasteiger partial charge >= 0.3 is 0 Å². The molecule has 0 rings (SSSR count). The molecule has 3 nitrogen and oxygen atoms in total. The van der Waals surface area contributed by atoms with Crippen molar-refractivity contribution < 1.29 is 5.11 Å². The summed E-state index contributed by atoms with van der Waals surface area (Å²) in [5.41, 5.74) is 2.28. The van der Waals surface area contributed by atoms with Gasteiger partial charge < -0.3 is 10.4 Å². The highest BCUT2D eigenvalue weighted by Crippen LogP contribution is 2.06. The first-order chi connectivity index (χ1) is 6.82. The lowest BCUT2D eigenvalue weighted by Crippen LogP contribution is -2.17. The lowest BCUT2D eigenvalue weighted by molar-refractivity contribution is 0.231. The topological polar surface area (TPSA) is 44.6 Å². The van der Waals surface area contributed by atoms with Crippen LogP contribution in [0.2, 0.25) is 0 Å². The van der Waals surface area contributed by atoms with Crippen LogP contribution in [0.4, 0.5) is 0 Å². The molecule has 0 aliphatic rings. The molecule has 0 saturated heterocycles. The molecule has 1 atom stereocenters. The Hall–Kier alpha value is -1.35. The average Bonchev–Trinajstić information content (AvgIpc) is 2.00. The number of aliphatic hydroxyl groups is 1. The molecule has 0 aliphatic carbocycles. The number of hydrogen-bond acceptors (Lipinski definition) is 2. The molecule has 0 aromatic rings. The van der Waals surface area contributed by atoms with Crippen LogP contribution in [0, 0.1) is 0 Å². The van der Waals surface area contributed by atoms with Crippen LogP contribution in [0.3, 0.4) is 0 Å². The fourth-order valence-electron chi connectivity index (χ4n) is 0.968. The molecule has 0 amide bonds. The predicted molar refractivity (Wildman–Crippen MR) is 65.6 cm³/mol. The SMILES string of the molecule is C=C(/C=C(/C)C(C)O)N=C(C)NC(=C)C. The summed E-state index contributed by atoms with van der Waals surface area (Å²) in [7, 11) is 0. The first kappa shape index (κ1) is 13.7. The van der Waals surface area contributed by atoms with Crippen molar-refractivity contribution in [2.75, 3.05) is 0 Å². The maximum absolute atomic E-state index is 9.26. The summed E-state index contributed by atoms with van der Waals surface area (Å²) >= 11 is 0. The molecule has 0 saturated carbocycles. The van der Waals surface area contributed by atoms with Crippen molar-refractivity contribution in [3.05, 3.63) is 36.2 Å². The van der Waals surface area contributed by atoms with E-state index in [0.29, 0.717) is 5.70 Å². The molecule has 0 heterocycles. The fourth-order valence-corrected chi connectivity index (χ4v) is 0.968. The molecule has 0 aromatic heterocycles. The number of allylic oxidation sites excluding steroid dienone is 2. The average molecular weight is 208 g/mol. The molecule has 0 spiro atoms. The predicted octanol–water partition coefficient (Wildman–Crippen LogP) is 2.37. The second kappa shape index (κ2) is 6.19. The standard InChI is InChI=1S/C12H20N2O/c1-8(2)13-12(6)14-10(4)7-9(3)11(5)15/h7,11,15H,1,4H2,2-3,5-6H3,(H,13,14)/b9-7-. The van der Waals surface area contributed by atoms with Gasteiger partial charge in [-0.3, -0.25) is 0 Å². The van der Waals surface area contributed by atoms with Crippen LogP contribution < -0.4 is 5.32 Å². The van der Waals surface area contributed by atoms with Gasteiger partial charge in [0.05, 0.1) is 11.8 Å². The Labute approximate surface area is 91.9 Å². The smallest absolute Gasteiger partial charge is 0.103 e. The Bertz CT molecular complexity index is 312. The number of nitrogens with one attached hydrogen (secondary N) is 1. The van der Waals surface area contributed by atoms with Crippen LogP contribution in [0.25, 0.3) is 0 Å². The van der Waals surface area contributed by atoms with E-state index in [1.807, 2.05) is 20.8 Å². The van der Waals surface area contributed by atoms with Gasteiger partial charge in [0.1, 0.15) is 5.84 Å². The van der Waals surface area contributed by atoms with E-state index in [4.69, 9.17) is 0 Å². The number of hydrogen-bond donors (Lipinski definition) is 2. The minimum atomic E-state index is -0.466. The molecule has 84 valence electrons. The van der Waals surface area contributed by atoms with Crippen molar-refractivity contribution >= 4 is 5.84 Å². The quantitative estimate of drug-likeness (QED) is 0.423. The number of aliphatic imine (C=N–C) groups is 1. The first-order valence-corrected chi connectivity index (χ1v) is 4.86. The molecule has 2 N–H and O–H groups in total. The Morgan fingerprint density at radius 2 is 1.87 bits per heavy atom. The van der Waals surface area contributed by atoms with Gasteiger partial charge in [0.25, 0.3) is 0 Å². The monoisotopic (exact) mass is 208 g/mol. The van der Waals surface area contributed by atoms with Gasteiger partial charge in [-0.2, -0.15) is 0 Å². The Kier molecular flexibility index (Phi) is 5.64. The van der Waals surface area contributed by atoms with E-state index >= 15 is 0 Å². The van der Waals surface area contributed by atoms with Crippen LogP contribution in [-0.4, -0.2) is 17.0 Å². The Balaban J connectivity index is 4.49. The third-order valence-corrected chi connectivity index (χ3v) is 1.76. The summed E-state index contributed by atoms with van der Waals surface area (Å²) < 4.78 is 0. The van der Waals surface area contributed by atoms with Crippen molar-refractivity contribution in [1.82, 2.24) is 5.32 Å². The third-order valence-electron chi connectivity index (χ3n) is 1.76. The second-order valence-corrected chi connectivity index (χ2v) is 3.66. The molecule has 0 fully saturated rings. The van der Waals surface area contributed by atoms with E-state index in [2.05, 4.69) is 23.5 Å². The number of amidine groups is 1. The Morgan fingerprint density at radius 1 is 1.33 bits per heavy atom. The molecular weight excluding hydrogens is 188 g/mol. The van der Waals surface area contributed by atoms with Gasteiger partial charge in [-0.05, 0) is 39.3 Å². The highest BCUT2D eigenvalue weighted by Gasteiger charge is 1.98. The minimum Gasteiger partial charge on any atom is -0.389 e. The summed E-state index contributed by atoms with van der Waals surface area (Å²) in [5, 5.41) is 12.2. The van der Waals surface area contributed by atoms with E-state index < -0.39 is 6.10 Å². The third kappa shape index (κ3) is 6.69. The van der Waals surface area contributed by atoms with Crippen molar-refractivity contribution in [3.63, 3.8) is 0 Å². The Morgan fingerprint density at radius 3 is 2.27 bits per heavy atom. The van der Waals surface area contributed by atoms with Crippen LogP contribution in [0.1, 0.15) is 27.7 Å². The van der Waals surface area contributed by atoms with Crippen molar-refractivity contribution in [2.45, 2.75) is 33.8 Å². The van der Waals surface area contributed by atoms with E-state index in [1.165, 1.54) is 0 Å². The second-order valence-electron chi connectivity index (χ2n) is 3.66. The zero-order chi connectivity index (χ0) is 12.0. The van der Waals surface area contributed by atoms with Crippen LogP contribution in [0.15, 0.2) is 41.2 Å². The molecule has 3 heteroatoms. The van der Waals surface area contributed by atoms with Gasteiger partial charge in [-0.25, -0.2) is 4.99 Å². The van der Waals surface area contributed by atoms with Crippen LogP contribution in [-0.2, 0) is 0 Å². The first-order valence-electron chi connectivity index (χ1n) is 4.86. The summed E-state index contributed by atoms with van der Waals surface area (Å²) in [5.74, 6) is 0.738. The zero-order valence-electron chi connectivity index (χ0n) is 9.96. The highest BCUT2D eigenvalue weighted by atomic mass is 16.3. The van der Waals surface area contributed by atoms with Crippen molar-refractivity contribution in [1.29, 1.82) is 0 Å². The molecule has 1 unspecified atom stereocenters. The lowest BCUT2D eigenvalue weighted by Gasteiger charge is -2.06. The zero-order valence-corrected chi connectivity index (χ0v) is 9.96. The van der Waals surface area contributed by atoms with Crippen molar-refractivity contribution in [2.24, 2.45) is 4.99 Å². The number of aliphatic hydroxyl groups excluding tert-OH is 1. The highest BCUT2D eigenvalue weighted by molar-refractivity contribution is 5.82. The van der Waals surface area contributed by atoms with E-state index in [-0.39, 0.29) is 0 Å². The van der Waals surface area contributed by atoms with Crippen molar-refractivity contribution in [3.8, 4) is 0 Å². The van der Waals surface area contributed by atoms with E-state index in [9.17, 15) is 5.11 Å². The summed E-state index contributed by atoms with van der Waals surface area (Å²) in [6.45, 7) is 14.7.